The molecule has 0 heterocycles. The van der Waals surface area contributed by atoms with Crippen molar-refractivity contribution in [3.05, 3.63) is 35.4 Å². The van der Waals surface area contributed by atoms with Gasteiger partial charge in [-0.1, -0.05) is 24.3 Å². The molecule has 0 aliphatic rings. The predicted molar refractivity (Wildman–Crippen MR) is 68.8 cm³/mol. The van der Waals surface area contributed by atoms with Gasteiger partial charge in [-0.15, -0.1) is 0 Å². The van der Waals surface area contributed by atoms with E-state index in [2.05, 4.69) is 0 Å². The highest BCUT2D eigenvalue weighted by molar-refractivity contribution is 7.88. The number of likely N-dealkylation sites (N-methyl/N-ethyl adjacent to an activating group) is 1. The molecular formula is C11H17N3O3S. The quantitative estimate of drug-likeness (QED) is 0.720. The molecule has 100 valence electrons. The summed E-state index contributed by atoms with van der Waals surface area (Å²) in [5.41, 5.74) is 12.0. The Labute approximate surface area is 107 Å². The highest BCUT2D eigenvalue weighted by Gasteiger charge is 2.19. The molecule has 0 unspecified atom stereocenters. The molecule has 18 heavy (non-hydrogen) atoms. The first-order chi connectivity index (χ1) is 8.35. The smallest absolute Gasteiger partial charge is 0.232 e. The van der Waals surface area contributed by atoms with Crippen LogP contribution in [0.2, 0.25) is 0 Å². The molecule has 0 spiro atoms. The second kappa shape index (κ2) is 5.94. The molecule has 1 rings (SSSR count). The summed E-state index contributed by atoms with van der Waals surface area (Å²) in [5, 5.41) is 0. The van der Waals surface area contributed by atoms with Crippen molar-refractivity contribution >= 4 is 15.9 Å². The Bertz CT molecular complexity index is 511. The van der Waals surface area contributed by atoms with Crippen LogP contribution in [-0.2, 0) is 27.1 Å². The topological polar surface area (TPSA) is 106 Å². The van der Waals surface area contributed by atoms with E-state index in [0.29, 0.717) is 12.1 Å². The van der Waals surface area contributed by atoms with Gasteiger partial charge in [-0.3, -0.25) is 4.79 Å². The lowest BCUT2D eigenvalue weighted by atomic mass is 10.1. The van der Waals surface area contributed by atoms with E-state index >= 15 is 0 Å². The third kappa shape index (κ3) is 4.10. The van der Waals surface area contributed by atoms with E-state index in [1.807, 2.05) is 0 Å². The van der Waals surface area contributed by atoms with Gasteiger partial charge in [-0.2, -0.15) is 4.31 Å². The van der Waals surface area contributed by atoms with Gasteiger partial charge in [0.2, 0.25) is 15.9 Å². The highest BCUT2D eigenvalue weighted by Crippen LogP contribution is 2.10. The number of carbonyl (C=O) groups excluding carboxylic acids is 1. The lowest BCUT2D eigenvalue weighted by Gasteiger charge is -2.15. The molecule has 0 aromatic heterocycles. The summed E-state index contributed by atoms with van der Waals surface area (Å²) in [6, 6.07) is 6.97. The largest absolute Gasteiger partial charge is 0.369 e. The van der Waals surface area contributed by atoms with E-state index in [9.17, 15) is 13.2 Å². The maximum absolute atomic E-state index is 11.9. The number of sulfonamides is 1. The summed E-state index contributed by atoms with van der Waals surface area (Å²) in [7, 11) is -2.20. The molecule has 0 fully saturated rings. The molecule has 0 radical (unpaired) electrons. The fourth-order valence-electron chi connectivity index (χ4n) is 1.41. The second-order valence-corrected chi connectivity index (χ2v) is 6.08. The first-order valence-electron chi connectivity index (χ1n) is 5.35. The minimum absolute atomic E-state index is 0.165. The lowest BCUT2D eigenvalue weighted by molar-refractivity contribution is -0.118. The van der Waals surface area contributed by atoms with Crippen molar-refractivity contribution in [2.24, 2.45) is 11.5 Å². The van der Waals surface area contributed by atoms with Crippen molar-refractivity contribution in [2.75, 3.05) is 13.6 Å². The van der Waals surface area contributed by atoms with Crippen molar-refractivity contribution in [2.45, 2.75) is 12.3 Å². The number of rotatable bonds is 6. The van der Waals surface area contributed by atoms with Crippen molar-refractivity contribution in [3.8, 4) is 0 Å². The Balaban J connectivity index is 2.78. The van der Waals surface area contributed by atoms with Crippen LogP contribution in [0.15, 0.2) is 24.3 Å². The van der Waals surface area contributed by atoms with Crippen LogP contribution >= 0.6 is 0 Å². The maximum atomic E-state index is 11.9. The molecule has 7 heteroatoms. The summed E-state index contributed by atoms with van der Waals surface area (Å²) in [4.78, 5) is 10.7. The minimum atomic E-state index is -3.53. The third-order valence-electron chi connectivity index (χ3n) is 2.46. The number of benzene rings is 1. The first kappa shape index (κ1) is 14.6. The van der Waals surface area contributed by atoms with E-state index in [4.69, 9.17) is 11.5 Å². The van der Waals surface area contributed by atoms with Gasteiger partial charge in [0.05, 0.1) is 12.3 Å². The van der Waals surface area contributed by atoms with E-state index < -0.39 is 15.9 Å². The van der Waals surface area contributed by atoms with Crippen LogP contribution in [0.1, 0.15) is 11.1 Å². The lowest BCUT2D eigenvalue weighted by Crippen LogP contribution is -2.36. The van der Waals surface area contributed by atoms with Crippen LogP contribution in [0, 0.1) is 0 Å². The summed E-state index contributed by atoms with van der Waals surface area (Å²) in [5.74, 6) is -0.846. The monoisotopic (exact) mass is 271 g/mol. The minimum Gasteiger partial charge on any atom is -0.369 e. The molecule has 1 aromatic carbocycles. The van der Waals surface area contributed by atoms with Crippen molar-refractivity contribution in [1.29, 1.82) is 0 Å². The summed E-state index contributed by atoms with van der Waals surface area (Å²) < 4.78 is 24.7. The van der Waals surface area contributed by atoms with Gasteiger partial charge in [0.15, 0.2) is 0 Å². The standard InChI is InChI=1S/C11H17N3O3S/c1-14(7-11(13)15)18(16,17)8-10-4-2-9(6-12)3-5-10/h2-5H,6-8,12H2,1H3,(H2,13,15). The zero-order valence-corrected chi connectivity index (χ0v) is 11.0. The SMILES string of the molecule is CN(CC(N)=O)S(=O)(=O)Cc1ccc(CN)cc1. The normalized spacial score (nSPS) is 11.7. The second-order valence-electron chi connectivity index (χ2n) is 4.00. The zero-order chi connectivity index (χ0) is 13.8. The summed E-state index contributed by atoms with van der Waals surface area (Å²) >= 11 is 0. The Hall–Kier alpha value is -1.44. The molecular weight excluding hydrogens is 254 g/mol. The molecule has 0 saturated carbocycles. The van der Waals surface area contributed by atoms with Crippen LogP contribution in [0.25, 0.3) is 0 Å². The van der Waals surface area contributed by atoms with Crippen LogP contribution in [-0.4, -0.2) is 32.2 Å². The number of hydrogen-bond acceptors (Lipinski definition) is 4. The van der Waals surface area contributed by atoms with Gasteiger partial charge in [0.25, 0.3) is 0 Å². The number of carbonyl (C=O) groups is 1. The van der Waals surface area contributed by atoms with Gasteiger partial charge < -0.3 is 11.5 Å². The molecule has 0 bridgehead atoms. The Kier molecular flexibility index (Phi) is 4.83. The van der Waals surface area contributed by atoms with Gasteiger partial charge in [-0.25, -0.2) is 8.42 Å². The fourth-order valence-corrected chi connectivity index (χ4v) is 2.57. The third-order valence-corrected chi connectivity index (χ3v) is 4.24. The molecule has 1 amide bonds. The fraction of sp³-hybridized carbons (Fsp3) is 0.364. The van der Waals surface area contributed by atoms with Crippen LogP contribution in [0.3, 0.4) is 0 Å². The molecule has 0 saturated heterocycles. The number of amides is 1. The highest BCUT2D eigenvalue weighted by atomic mass is 32.2. The van der Waals surface area contributed by atoms with Crippen molar-refractivity contribution in [1.82, 2.24) is 4.31 Å². The van der Waals surface area contributed by atoms with Crippen molar-refractivity contribution in [3.63, 3.8) is 0 Å². The Morgan fingerprint density at radius 3 is 2.17 bits per heavy atom. The number of nitrogens with two attached hydrogens (primary N) is 2. The van der Waals surface area contributed by atoms with Crippen LogP contribution in [0.4, 0.5) is 0 Å². The molecule has 1 aromatic rings. The van der Waals surface area contributed by atoms with Crippen molar-refractivity contribution < 1.29 is 13.2 Å². The van der Waals surface area contributed by atoms with E-state index in [0.717, 1.165) is 9.87 Å². The number of primary amides is 1. The number of hydrogen-bond donors (Lipinski definition) is 2. The van der Waals surface area contributed by atoms with Crippen LogP contribution < -0.4 is 11.5 Å². The molecule has 0 atom stereocenters. The van der Waals surface area contributed by atoms with E-state index in [1.165, 1.54) is 7.05 Å². The van der Waals surface area contributed by atoms with E-state index in [-0.39, 0.29) is 12.3 Å². The summed E-state index contributed by atoms with van der Waals surface area (Å²) in [6.07, 6.45) is 0. The van der Waals surface area contributed by atoms with Crippen LogP contribution in [0.5, 0.6) is 0 Å². The first-order valence-corrected chi connectivity index (χ1v) is 6.96. The summed E-state index contributed by atoms with van der Waals surface area (Å²) in [6.45, 7) is 0.0951. The predicted octanol–water partition coefficient (Wildman–Crippen LogP) is -0.608. The number of nitrogens with zero attached hydrogens (tertiary/aromatic N) is 1. The molecule has 0 aliphatic carbocycles. The zero-order valence-electron chi connectivity index (χ0n) is 10.2. The Morgan fingerprint density at radius 2 is 1.72 bits per heavy atom. The molecule has 0 aliphatic heterocycles. The van der Waals surface area contributed by atoms with Gasteiger partial charge in [-0.05, 0) is 11.1 Å². The average Bonchev–Trinajstić information content (AvgIpc) is 2.28. The molecule has 4 N–H and O–H groups in total. The van der Waals surface area contributed by atoms with Gasteiger partial charge in [0.1, 0.15) is 0 Å². The maximum Gasteiger partial charge on any atom is 0.232 e. The van der Waals surface area contributed by atoms with Gasteiger partial charge >= 0.3 is 0 Å². The Morgan fingerprint density at radius 1 is 1.22 bits per heavy atom. The van der Waals surface area contributed by atoms with E-state index in [1.54, 1.807) is 24.3 Å². The molecule has 6 nitrogen and oxygen atoms in total. The average molecular weight is 271 g/mol. The van der Waals surface area contributed by atoms with Gasteiger partial charge in [0, 0.05) is 13.6 Å².